The summed E-state index contributed by atoms with van der Waals surface area (Å²) in [5.74, 6) is -4.98. The van der Waals surface area contributed by atoms with Gasteiger partial charge in [0.2, 0.25) is 0 Å². The van der Waals surface area contributed by atoms with E-state index in [2.05, 4.69) is 10.4 Å². The van der Waals surface area contributed by atoms with E-state index < -0.39 is 83.4 Å². The molecule has 4 heterocycles. The lowest BCUT2D eigenvalue weighted by Crippen LogP contribution is -2.61. The number of nitrogens with zero attached hydrogens (tertiary/aromatic N) is 3. The monoisotopic (exact) mass is 810 g/mol. The number of carbonyl (C=O) groups excluding carboxylic acids is 4. The third kappa shape index (κ3) is 9.12. The van der Waals surface area contributed by atoms with E-state index in [0.717, 1.165) is 16.5 Å². The van der Waals surface area contributed by atoms with E-state index >= 15 is 0 Å². The first-order valence-corrected chi connectivity index (χ1v) is 21.0. The van der Waals surface area contributed by atoms with Gasteiger partial charge in [-0.1, -0.05) is 45.9 Å². The molecule has 1 aromatic carbocycles. The minimum atomic E-state index is -1.45. The standard InChI is InChI=1S/C44H66N4O10/c1-12-30-35(49)25(3)24-43(7,54-11)39(57-41-37(51)33(47(9)10)23-26(4)55-41)27(5)36(50)28(6)40(52)56-34(13-2)44(8)38(30)48(42(53)58-44)46-21-16-17-29-20-22-45-32-19-15-14-18-31(29)32/h14-15,18-20,22,25-28,30,33-34,37-39,41,46,51H,12-13,16-17,21,23-24H2,1-11H3/t25-,26-,27+,28-,30?,33+,34-,37-,38-,39-,41+,43+,44-/m1/s1. The topological polar surface area (TPSA) is 166 Å². The molecule has 0 bridgehead atoms. The van der Waals surface area contributed by atoms with Crippen molar-refractivity contribution in [1.29, 1.82) is 0 Å². The summed E-state index contributed by atoms with van der Waals surface area (Å²) in [5, 5.41) is 13.9. The number of esters is 1. The molecule has 13 atom stereocenters. The summed E-state index contributed by atoms with van der Waals surface area (Å²) in [5.41, 5.74) is 2.61. The number of cyclic esters (lactones) is 1. The highest BCUT2D eigenvalue weighted by Crippen LogP contribution is 2.43. The smallest absolute Gasteiger partial charge is 0.425 e. The fraction of sp³-hybridized carbons (Fsp3) is 0.705. The van der Waals surface area contributed by atoms with Crippen LogP contribution >= 0.6 is 0 Å². The maximum Gasteiger partial charge on any atom is 0.425 e. The number of carbonyl (C=O) groups is 4. The number of para-hydroxylation sites is 1. The highest BCUT2D eigenvalue weighted by Gasteiger charge is 2.61. The summed E-state index contributed by atoms with van der Waals surface area (Å²) in [6.07, 6.45) is -0.689. The lowest BCUT2D eigenvalue weighted by molar-refractivity contribution is -0.295. The van der Waals surface area contributed by atoms with Crippen LogP contribution in [-0.4, -0.2) is 125 Å². The van der Waals surface area contributed by atoms with E-state index in [0.29, 0.717) is 32.2 Å². The number of Topliss-reactive ketones (excluding diaryl/α,β-unsaturated/α-hetero) is 2. The van der Waals surface area contributed by atoms with Crippen LogP contribution in [0.2, 0.25) is 0 Å². The number of hydrazine groups is 1. The zero-order valence-electron chi connectivity index (χ0n) is 36.2. The molecule has 0 aliphatic carbocycles. The van der Waals surface area contributed by atoms with Crippen molar-refractivity contribution < 1.29 is 48.0 Å². The summed E-state index contributed by atoms with van der Waals surface area (Å²) in [6.45, 7) is 14.5. The molecule has 3 fully saturated rings. The number of amides is 1. The molecule has 1 unspecified atom stereocenters. The second-order valence-electron chi connectivity index (χ2n) is 17.3. The minimum Gasteiger partial charge on any atom is -0.458 e. The Morgan fingerprint density at radius 1 is 1.02 bits per heavy atom. The van der Waals surface area contributed by atoms with Gasteiger partial charge in [0.15, 0.2) is 17.7 Å². The largest absolute Gasteiger partial charge is 0.458 e. The van der Waals surface area contributed by atoms with Crippen LogP contribution in [0.4, 0.5) is 4.79 Å². The van der Waals surface area contributed by atoms with Crippen LogP contribution in [0, 0.1) is 23.7 Å². The Balaban J connectivity index is 1.49. The third-order valence-corrected chi connectivity index (χ3v) is 13.0. The van der Waals surface area contributed by atoms with E-state index in [-0.39, 0.29) is 30.8 Å². The number of aryl methyl sites for hydroxylation is 1. The van der Waals surface area contributed by atoms with Crippen molar-refractivity contribution in [3.63, 3.8) is 0 Å². The number of fused-ring (bicyclic) bond motifs is 2. The number of ether oxygens (including phenoxy) is 5. The van der Waals surface area contributed by atoms with Crippen molar-refractivity contribution in [2.75, 3.05) is 27.7 Å². The molecule has 1 aromatic heterocycles. The number of benzene rings is 1. The van der Waals surface area contributed by atoms with Gasteiger partial charge in [0.05, 0.1) is 23.3 Å². The van der Waals surface area contributed by atoms with E-state index in [1.807, 2.05) is 77.0 Å². The molecular weight excluding hydrogens is 745 g/mol. The first-order chi connectivity index (χ1) is 27.4. The van der Waals surface area contributed by atoms with Gasteiger partial charge in [-0.05, 0) is 98.0 Å². The summed E-state index contributed by atoms with van der Waals surface area (Å²) in [7, 11) is 5.25. The molecule has 5 rings (SSSR count). The summed E-state index contributed by atoms with van der Waals surface area (Å²) in [4.78, 5) is 63.6. The number of nitrogens with one attached hydrogen (secondary N) is 1. The Kier molecular flexibility index (Phi) is 14.8. The van der Waals surface area contributed by atoms with Gasteiger partial charge < -0.3 is 33.7 Å². The highest BCUT2D eigenvalue weighted by atomic mass is 16.7. The molecule has 0 radical (unpaired) electrons. The normalized spacial score (nSPS) is 36.8. The molecule has 3 aliphatic rings. The van der Waals surface area contributed by atoms with Gasteiger partial charge in [-0.25, -0.2) is 15.2 Å². The molecule has 2 N–H and O–H groups in total. The van der Waals surface area contributed by atoms with Gasteiger partial charge in [0, 0.05) is 49.0 Å². The second kappa shape index (κ2) is 18.8. The quantitative estimate of drug-likeness (QED) is 0.172. The number of aliphatic hydroxyl groups excluding tert-OH is 1. The maximum atomic E-state index is 14.9. The van der Waals surface area contributed by atoms with E-state index in [1.165, 1.54) is 19.0 Å². The Hall–Kier alpha value is -3.53. The predicted octanol–water partition coefficient (Wildman–Crippen LogP) is 5.27. The fourth-order valence-electron chi connectivity index (χ4n) is 9.58. The SMILES string of the molecule is CCC1C(=O)[C@H](C)C[C@](C)(OC)[C@H](O[C@@H]2O[C@H](C)C[C@H](N(C)C)[C@H]2O)[C@@H](C)C(=O)[C@@H](C)C(=O)O[C@H](CC)[C@@]2(C)OC(=O)N(NCCCc3ccnc4ccccc34)[C@H]12. The van der Waals surface area contributed by atoms with Crippen LogP contribution in [0.25, 0.3) is 10.9 Å². The lowest BCUT2D eigenvalue weighted by atomic mass is 9.72. The fourth-order valence-corrected chi connectivity index (χ4v) is 9.58. The van der Waals surface area contributed by atoms with E-state index in [9.17, 15) is 24.3 Å². The van der Waals surface area contributed by atoms with Crippen LogP contribution in [0.15, 0.2) is 36.5 Å². The number of hydrogen-bond acceptors (Lipinski definition) is 13. The molecule has 1 amide bonds. The van der Waals surface area contributed by atoms with Crippen molar-refractivity contribution in [3.05, 3.63) is 42.1 Å². The molecule has 322 valence electrons. The van der Waals surface area contributed by atoms with Gasteiger partial charge >= 0.3 is 12.1 Å². The van der Waals surface area contributed by atoms with Crippen LogP contribution in [0.5, 0.6) is 0 Å². The Bertz CT molecular complexity index is 1770. The summed E-state index contributed by atoms with van der Waals surface area (Å²) in [6, 6.07) is 8.79. The van der Waals surface area contributed by atoms with Crippen LogP contribution in [-0.2, 0) is 44.5 Å². The van der Waals surface area contributed by atoms with E-state index in [1.54, 1.807) is 27.0 Å². The average Bonchev–Trinajstić information content (AvgIpc) is 3.45. The Morgan fingerprint density at radius 2 is 1.72 bits per heavy atom. The van der Waals surface area contributed by atoms with Crippen molar-refractivity contribution >= 4 is 34.5 Å². The Morgan fingerprint density at radius 3 is 2.38 bits per heavy atom. The van der Waals surface area contributed by atoms with Gasteiger partial charge in [0.1, 0.15) is 30.0 Å². The predicted molar refractivity (Wildman–Crippen MR) is 217 cm³/mol. The number of hydrogen-bond donors (Lipinski definition) is 2. The van der Waals surface area contributed by atoms with Crippen molar-refractivity contribution in [2.45, 2.75) is 148 Å². The third-order valence-electron chi connectivity index (χ3n) is 13.0. The number of ketones is 2. The van der Waals surface area contributed by atoms with Gasteiger partial charge in [-0.2, -0.15) is 0 Å². The molecule has 2 aromatic rings. The van der Waals surface area contributed by atoms with Crippen molar-refractivity contribution in [2.24, 2.45) is 23.7 Å². The molecule has 14 nitrogen and oxygen atoms in total. The minimum absolute atomic E-state index is 0.123. The number of methoxy groups -OCH3 is 1. The average molecular weight is 811 g/mol. The van der Waals surface area contributed by atoms with Gasteiger partial charge in [0.25, 0.3) is 0 Å². The first-order valence-electron chi connectivity index (χ1n) is 21.0. The first kappa shape index (κ1) is 45.6. The van der Waals surface area contributed by atoms with Crippen molar-refractivity contribution in [3.8, 4) is 0 Å². The summed E-state index contributed by atoms with van der Waals surface area (Å²) >= 11 is 0. The molecule has 3 aliphatic heterocycles. The number of aromatic nitrogens is 1. The Labute approximate surface area is 343 Å². The summed E-state index contributed by atoms with van der Waals surface area (Å²) < 4.78 is 31.3. The molecule has 58 heavy (non-hydrogen) atoms. The molecule has 0 saturated carbocycles. The van der Waals surface area contributed by atoms with Gasteiger partial charge in [-0.15, -0.1) is 0 Å². The molecular formula is C44H66N4O10. The second-order valence-corrected chi connectivity index (χ2v) is 17.3. The lowest BCUT2D eigenvalue weighted by Gasteiger charge is -2.47. The highest BCUT2D eigenvalue weighted by molar-refractivity contribution is 6.00. The maximum absolute atomic E-state index is 14.9. The van der Waals surface area contributed by atoms with Gasteiger partial charge in [-0.3, -0.25) is 19.4 Å². The zero-order valence-corrected chi connectivity index (χ0v) is 36.2. The number of likely N-dealkylation sites (N-methyl/N-ethyl adjacent to an activating group) is 1. The van der Waals surface area contributed by atoms with Crippen molar-refractivity contribution in [1.82, 2.24) is 20.3 Å². The van der Waals surface area contributed by atoms with E-state index in [4.69, 9.17) is 23.7 Å². The molecule has 3 saturated heterocycles. The number of pyridine rings is 1. The number of aliphatic hydroxyl groups is 1. The van der Waals surface area contributed by atoms with Crippen LogP contribution < -0.4 is 5.43 Å². The zero-order chi connectivity index (χ0) is 42.7. The molecule has 0 spiro atoms. The number of rotatable bonds is 11. The molecule has 14 heteroatoms. The van der Waals surface area contributed by atoms with Crippen LogP contribution in [0.3, 0.4) is 0 Å². The van der Waals surface area contributed by atoms with Crippen LogP contribution in [0.1, 0.15) is 93.1 Å².